The van der Waals surface area contributed by atoms with E-state index in [2.05, 4.69) is 20.9 Å². The zero-order valence-corrected chi connectivity index (χ0v) is 19.5. The SMILES string of the molecule is COc1ccc(COC2(C(=O)c3ccc(Br)cc3)Cc3cc(OF)c(OC)cc3C2=O)cc1. The third-order valence-corrected chi connectivity index (χ3v) is 6.17. The summed E-state index contributed by atoms with van der Waals surface area (Å²) in [7, 11) is 2.90. The van der Waals surface area contributed by atoms with E-state index < -0.39 is 17.2 Å². The maximum Gasteiger partial charge on any atom is 0.213 e. The minimum Gasteiger partial charge on any atom is -0.497 e. The van der Waals surface area contributed by atoms with Crippen molar-refractivity contribution in [1.82, 2.24) is 0 Å². The van der Waals surface area contributed by atoms with E-state index in [4.69, 9.17) is 14.2 Å². The molecule has 0 aromatic heterocycles. The molecule has 3 aromatic carbocycles. The summed E-state index contributed by atoms with van der Waals surface area (Å²) in [5.74, 6) is -0.443. The molecule has 170 valence electrons. The van der Waals surface area contributed by atoms with Gasteiger partial charge in [-0.05, 0) is 47.5 Å². The summed E-state index contributed by atoms with van der Waals surface area (Å²) in [4.78, 5) is 31.2. The van der Waals surface area contributed by atoms with E-state index >= 15 is 0 Å². The van der Waals surface area contributed by atoms with Crippen molar-refractivity contribution in [2.75, 3.05) is 14.2 Å². The molecule has 1 atom stereocenters. The fourth-order valence-electron chi connectivity index (χ4n) is 3.87. The number of Topliss-reactive ketones (excluding diaryl/α,β-unsaturated/α-hetero) is 2. The number of carbonyl (C=O) groups excluding carboxylic acids is 2. The van der Waals surface area contributed by atoms with Gasteiger partial charge in [-0.3, -0.25) is 14.5 Å². The molecule has 0 bridgehead atoms. The van der Waals surface area contributed by atoms with Crippen molar-refractivity contribution < 1.29 is 33.3 Å². The van der Waals surface area contributed by atoms with Gasteiger partial charge in [-0.1, -0.05) is 40.2 Å². The summed E-state index contributed by atoms with van der Waals surface area (Å²) in [5, 5.41) is 0. The first-order chi connectivity index (χ1) is 15.9. The first kappa shape index (κ1) is 22.9. The van der Waals surface area contributed by atoms with Crippen molar-refractivity contribution in [3.05, 3.63) is 87.4 Å². The molecule has 0 fully saturated rings. The lowest BCUT2D eigenvalue weighted by Crippen LogP contribution is -2.47. The Morgan fingerprint density at radius 3 is 2.30 bits per heavy atom. The Morgan fingerprint density at radius 2 is 1.70 bits per heavy atom. The quantitative estimate of drug-likeness (QED) is 0.299. The summed E-state index contributed by atoms with van der Waals surface area (Å²) in [5.41, 5.74) is -0.0619. The van der Waals surface area contributed by atoms with Gasteiger partial charge in [0, 0.05) is 26.5 Å². The molecular weight excluding hydrogens is 495 g/mol. The van der Waals surface area contributed by atoms with Crippen molar-refractivity contribution in [2.45, 2.75) is 18.6 Å². The average molecular weight is 515 g/mol. The van der Waals surface area contributed by atoms with Crippen molar-refractivity contribution in [3.8, 4) is 17.2 Å². The van der Waals surface area contributed by atoms with Gasteiger partial charge in [0.05, 0.1) is 20.8 Å². The van der Waals surface area contributed by atoms with Crippen LogP contribution in [0.25, 0.3) is 0 Å². The Hall–Kier alpha value is -3.23. The van der Waals surface area contributed by atoms with Crippen LogP contribution >= 0.6 is 15.9 Å². The molecule has 0 amide bonds. The molecule has 8 heteroatoms. The molecule has 1 aliphatic carbocycles. The van der Waals surface area contributed by atoms with Crippen LogP contribution < -0.4 is 14.4 Å². The number of ether oxygens (including phenoxy) is 3. The summed E-state index contributed by atoms with van der Waals surface area (Å²) >= 11 is 3.35. The monoisotopic (exact) mass is 514 g/mol. The van der Waals surface area contributed by atoms with Gasteiger partial charge < -0.3 is 14.2 Å². The number of methoxy groups -OCH3 is 2. The van der Waals surface area contributed by atoms with E-state index in [0.29, 0.717) is 16.9 Å². The van der Waals surface area contributed by atoms with Crippen molar-refractivity contribution in [3.63, 3.8) is 0 Å². The van der Waals surface area contributed by atoms with E-state index in [1.54, 1.807) is 55.6 Å². The number of fused-ring (bicyclic) bond motifs is 1. The molecule has 0 heterocycles. The first-order valence-electron chi connectivity index (χ1n) is 10.0. The van der Waals surface area contributed by atoms with Crippen LogP contribution in [0.3, 0.4) is 0 Å². The van der Waals surface area contributed by atoms with Crippen LogP contribution in [0.5, 0.6) is 17.2 Å². The van der Waals surface area contributed by atoms with E-state index in [1.165, 1.54) is 19.2 Å². The molecule has 1 unspecified atom stereocenters. The smallest absolute Gasteiger partial charge is 0.213 e. The first-order valence-corrected chi connectivity index (χ1v) is 10.8. The minimum absolute atomic E-state index is 0.00952. The molecule has 0 aliphatic heterocycles. The Balaban J connectivity index is 1.74. The molecule has 1 aliphatic rings. The van der Waals surface area contributed by atoms with Crippen LogP contribution in [-0.4, -0.2) is 31.4 Å². The van der Waals surface area contributed by atoms with Crippen LogP contribution in [0, 0.1) is 0 Å². The number of rotatable bonds is 8. The molecule has 0 radical (unpaired) electrons. The van der Waals surface area contributed by atoms with Gasteiger partial charge >= 0.3 is 0 Å². The molecule has 3 aromatic rings. The maximum absolute atomic E-state index is 13.7. The maximum atomic E-state index is 13.7. The van der Waals surface area contributed by atoms with Crippen molar-refractivity contribution >= 4 is 27.5 Å². The number of hydrogen-bond acceptors (Lipinski definition) is 6. The molecule has 6 nitrogen and oxygen atoms in total. The van der Waals surface area contributed by atoms with E-state index in [0.717, 1.165) is 10.0 Å². The largest absolute Gasteiger partial charge is 0.497 e. The van der Waals surface area contributed by atoms with Gasteiger partial charge in [0.2, 0.25) is 17.3 Å². The fraction of sp³-hybridized carbons (Fsp3) is 0.200. The van der Waals surface area contributed by atoms with Gasteiger partial charge in [-0.25, -0.2) is 0 Å². The molecule has 33 heavy (non-hydrogen) atoms. The number of hydrogen-bond donors (Lipinski definition) is 0. The van der Waals surface area contributed by atoms with Crippen LogP contribution in [0.1, 0.15) is 31.8 Å². The third kappa shape index (κ3) is 4.24. The van der Waals surface area contributed by atoms with Gasteiger partial charge in [0.25, 0.3) is 0 Å². The predicted molar refractivity (Wildman–Crippen MR) is 122 cm³/mol. The topological polar surface area (TPSA) is 71.1 Å². The highest BCUT2D eigenvalue weighted by molar-refractivity contribution is 9.10. The Morgan fingerprint density at radius 1 is 1.00 bits per heavy atom. The van der Waals surface area contributed by atoms with Crippen molar-refractivity contribution in [1.29, 1.82) is 0 Å². The van der Waals surface area contributed by atoms with Gasteiger partial charge in [-0.15, -0.1) is 0 Å². The lowest BCUT2D eigenvalue weighted by molar-refractivity contribution is -0.0171. The number of halogens is 2. The normalized spacial score (nSPS) is 16.9. The molecule has 0 spiro atoms. The van der Waals surface area contributed by atoms with Crippen LogP contribution in [0.4, 0.5) is 4.53 Å². The number of benzene rings is 3. The second kappa shape index (κ2) is 9.33. The lowest BCUT2D eigenvalue weighted by atomic mass is 9.88. The average Bonchev–Trinajstić information content (AvgIpc) is 3.13. The molecular formula is C25H20BrFO6. The number of carbonyl (C=O) groups is 2. The third-order valence-electron chi connectivity index (χ3n) is 5.64. The van der Waals surface area contributed by atoms with Gasteiger partial charge in [0.1, 0.15) is 5.75 Å². The zero-order valence-electron chi connectivity index (χ0n) is 17.9. The van der Waals surface area contributed by atoms with E-state index in [1.807, 2.05) is 0 Å². The standard InChI is InChI=1S/C25H20BrFO6/c1-30-19-9-3-15(4-10-19)14-32-25(23(28)16-5-7-18(26)8-6-16)13-17-11-22(33-27)21(31-2)12-20(17)24(25)29/h3-12H,13-14H2,1-2H3. The molecule has 4 rings (SSSR count). The number of ketones is 2. The predicted octanol–water partition coefficient (Wildman–Crippen LogP) is 5.31. The zero-order chi connectivity index (χ0) is 23.6. The second-order valence-corrected chi connectivity index (χ2v) is 8.46. The Bertz CT molecular complexity index is 1190. The Labute approximate surface area is 198 Å². The van der Waals surface area contributed by atoms with E-state index in [-0.39, 0.29) is 30.1 Å². The van der Waals surface area contributed by atoms with Crippen LogP contribution in [0.2, 0.25) is 0 Å². The molecule has 0 saturated heterocycles. The summed E-state index contributed by atoms with van der Waals surface area (Å²) < 4.78 is 30.2. The van der Waals surface area contributed by atoms with Gasteiger partial charge in [0.15, 0.2) is 11.4 Å². The minimum atomic E-state index is -1.81. The summed E-state index contributed by atoms with van der Waals surface area (Å²) in [6, 6.07) is 16.5. The van der Waals surface area contributed by atoms with Gasteiger partial charge in [-0.2, -0.15) is 0 Å². The summed E-state index contributed by atoms with van der Waals surface area (Å²) in [6.07, 6.45) is -0.0629. The van der Waals surface area contributed by atoms with Crippen molar-refractivity contribution in [2.24, 2.45) is 0 Å². The van der Waals surface area contributed by atoms with Crippen LogP contribution in [0.15, 0.2) is 65.1 Å². The fourth-order valence-corrected chi connectivity index (χ4v) is 4.14. The highest BCUT2D eigenvalue weighted by Gasteiger charge is 2.53. The Kier molecular flexibility index (Phi) is 6.49. The lowest BCUT2D eigenvalue weighted by Gasteiger charge is -2.26. The van der Waals surface area contributed by atoms with E-state index in [9.17, 15) is 14.1 Å². The van der Waals surface area contributed by atoms with Crippen LogP contribution in [-0.2, 0) is 17.8 Å². The molecule has 0 saturated carbocycles. The highest BCUT2D eigenvalue weighted by atomic mass is 79.9. The summed E-state index contributed by atoms with van der Waals surface area (Å²) in [6.45, 7) is 0.00952. The molecule has 0 N–H and O–H groups in total. The highest BCUT2D eigenvalue weighted by Crippen LogP contribution is 2.42. The second-order valence-electron chi connectivity index (χ2n) is 7.54.